The number of nitrogens with two attached hydrogens (primary N) is 1. The fourth-order valence-electron chi connectivity index (χ4n) is 0.990. The Hall–Kier alpha value is -1.45. The van der Waals surface area contributed by atoms with E-state index in [2.05, 4.69) is 4.99 Å². The van der Waals surface area contributed by atoms with Crippen molar-refractivity contribution in [3.05, 3.63) is 23.4 Å². The van der Waals surface area contributed by atoms with Gasteiger partial charge in [0.2, 0.25) is 0 Å². The van der Waals surface area contributed by atoms with Crippen LogP contribution in [0.5, 0.6) is 0 Å². The quantitative estimate of drug-likeness (QED) is 0.601. The van der Waals surface area contributed by atoms with Crippen LogP contribution < -0.4 is 5.73 Å². The third-order valence-corrected chi connectivity index (χ3v) is 1.50. The molecule has 66 valence electrons. The summed E-state index contributed by atoms with van der Waals surface area (Å²) in [6.07, 6.45) is 4.14. The molecule has 0 saturated heterocycles. The lowest BCUT2D eigenvalue weighted by Gasteiger charge is -2.13. The zero-order valence-electron chi connectivity index (χ0n) is 7.28. The number of hydrogen-bond donors (Lipinski definition) is 2. The predicted octanol–water partition coefficient (Wildman–Crippen LogP) is 0.592. The standard InChI is InChI=1S/C8H13N3O/c1-11(2)5-6-3-4-10-8(9)7(6)12/h4-5,12H,3,9H2,1-2H3. The summed E-state index contributed by atoms with van der Waals surface area (Å²) in [6.45, 7) is 0. The van der Waals surface area contributed by atoms with E-state index < -0.39 is 0 Å². The van der Waals surface area contributed by atoms with Gasteiger partial charge in [-0.2, -0.15) is 0 Å². The van der Waals surface area contributed by atoms with Crippen LogP contribution in [0.25, 0.3) is 0 Å². The largest absolute Gasteiger partial charge is 0.504 e. The molecule has 0 fully saturated rings. The molecule has 0 atom stereocenters. The molecule has 0 bridgehead atoms. The van der Waals surface area contributed by atoms with Crippen molar-refractivity contribution in [3.8, 4) is 0 Å². The van der Waals surface area contributed by atoms with Crippen molar-refractivity contribution in [3.63, 3.8) is 0 Å². The van der Waals surface area contributed by atoms with Gasteiger partial charge in [-0.05, 0) is 0 Å². The molecule has 3 N–H and O–H groups in total. The molecule has 1 rings (SSSR count). The van der Waals surface area contributed by atoms with Gasteiger partial charge in [-0.25, -0.2) is 4.99 Å². The average Bonchev–Trinajstić information content (AvgIpc) is 1.98. The lowest BCUT2D eigenvalue weighted by molar-refractivity contribution is 0.407. The van der Waals surface area contributed by atoms with Gasteiger partial charge < -0.3 is 15.7 Å². The molecule has 0 aliphatic carbocycles. The normalized spacial score (nSPS) is 20.3. The summed E-state index contributed by atoms with van der Waals surface area (Å²) in [7, 11) is 3.78. The van der Waals surface area contributed by atoms with Crippen molar-refractivity contribution < 1.29 is 5.11 Å². The Morgan fingerprint density at radius 2 is 2.33 bits per heavy atom. The Morgan fingerprint density at radius 1 is 1.67 bits per heavy atom. The molecule has 0 radical (unpaired) electrons. The smallest absolute Gasteiger partial charge is 0.165 e. The molecular weight excluding hydrogens is 154 g/mol. The molecule has 0 aromatic carbocycles. The van der Waals surface area contributed by atoms with Crippen LogP contribution in [0.15, 0.2) is 28.3 Å². The molecule has 0 unspecified atom stereocenters. The summed E-state index contributed by atoms with van der Waals surface area (Å²) in [4.78, 5) is 5.65. The predicted molar refractivity (Wildman–Crippen MR) is 48.7 cm³/mol. The topological polar surface area (TPSA) is 61.8 Å². The summed E-state index contributed by atoms with van der Waals surface area (Å²) in [5.74, 6) is 0.278. The summed E-state index contributed by atoms with van der Waals surface area (Å²) < 4.78 is 0. The number of nitrogens with zero attached hydrogens (tertiary/aromatic N) is 2. The molecule has 0 saturated carbocycles. The molecule has 0 amide bonds. The molecule has 1 aliphatic heterocycles. The van der Waals surface area contributed by atoms with Crippen molar-refractivity contribution >= 4 is 6.21 Å². The summed E-state index contributed by atoms with van der Waals surface area (Å²) >= 11 is 0. The van der Waals surface area contributed by atoms with Gasteiger partial charge in [-0.3, -0.25) is 0 Å². The Morgan fingerprint density at radius 3 is 2.92 bits per heavy atom. The van der Waals surface area contributed by atoms with Gasteiger partial charge >= 0.3 is 0 Å². The lowest BCUT2D eigenvalue weighted by Crippen LogP contribution is -2.11. The number of aliphatic imine (C=N–C) groups is 1. The molecule has 0 aromatic heterocycles. The van der Waals surface area contributed by atoms with Crippen LogP contribution in [0.2, 0.25) is 0 Å². The highest BCUT2D eigenvalue weighted by molar-refractivity contribution is 5.67. The van der Waals surface area contributed by atoms with Crippen molar-refractivity contribution in [2.45, 2.75) is 6.42 Å². The van der Waals surface area contributed by atoms with Crippen molar-refractivity contribution in [2.24, 2.45) is 10.7 Å². The van der Waals surface area contributed by atoms with E-state index in [9.17, 15) is 5.11 Å². The number of aliphatic hydroxyl groups is 1. The van der Waals surface area contributed by atoms with Crippen LogP contribution in [0.1, 0.15) is 6.42 Å². The van der Waals surface area contributed by atoms with Gasteiger partial charge in [0.05, 0.1) is 0 Å². The second kappa shape index (κ2) is 3.30. The van der Waals surface area contributed by atoms with Crippen LogP contribution >= 0.6 is 0 Å². The fourth-order valence-corrected chi connectivity index (χ4v) is 0.990. The van der Waals surface area contributed by atoms with Crippen LogP contribution in [0, 0.1) is 0 Å². The highest BCUT2D eigenvalue weighted by atomic mass is 16.3. The van der Waals surface area contributed by atoms with Gasteiger partial charge in [0.15, 0.2) is 11.6 Å². The maximum Gasteiger partial charge on any atom is 0.165 e. The average molecular weight is 167 g/mol. The lowest BCUT2D eigenvalue weighted by atomic mass is 10.1. The van der Waals surface area contributed by atoms with E-state index in [4.69, 9.17) is 5.73 Å². The summed E-state index contributed by atoms with van der Waals surface area (Å²) in [5, 5.41) is 9.43. The molecule has 4 nitrogen and oxygen atoms in total. The molecule has 4 heteroatoms. The maximum atomic E-state index is 9.43. The van der Waals surface area contributed by atoms with E-state index in [-0.39, 0.29) is 11.6 Å². The molecule has 12 heavy (non-hydrogen) atoms. The summed E-state index contributed by atoms with van der Waals surface area (Å²) in [5.41, 5.74) is 6.22. The van der Waals surface area contributed by atoms with Gasteiger partial charge in [0, 0.05) is 38.5 Å². The first-order valence-electron chi connectivity index (χ1n) is 3.70. The fraction of sp³-hybridized carbons (Fsp3) is 0.375. The molecule has 1 heterocycles. The molecular formula is C8H13N3O. The van der Waals surface area contributed by atoms with E-state index in [1.165, 1.54) is 0 Å². The highest BCUT2D eigenvalue weighted by Gasteiger charge is 2.10. The number of aliphatic hydroxyl groups excluding tert-OH is 1. The van der Waals surface area contributed by atoms with Crippen LogP contribution in [-0.2, 0) is 0 Å². The van der Waals surface area contributed by atoms with Crippen molar-refractivity contribution in [2.75, 3.05) is 14.1 Å². The van der Waals surface area contributed by atoms with Gasteiger partial charge in [-0.15, -0.1) is 0 Å². The Bertz CT molecular complexity index is 263. The molecule has 0 aromatic rings. The van der Waals surface area contributed by atoms with Crippen molar-refractivity contribution in [1.29, 1.82) is 0 Å². The van der Waals surface area contributed by atoms with Crippen LogP contribution in [0.3, 0.4) is 0 Å². The first-order valence-corrected chi connectivity index (χ1v) is 3.70. The van der Waals surface area contributed by atoms with E-state index in [0.717, 1.165) is 5.57 Å². The molecule has 1 aliphatic rings. The Labute approximate surface area is 71.7 Å². The second-order valence-electron chi connectivity index (χ2n) is 2.87. The van der Waals surface area contributed by atoms with Gasteiger partial charge in [0.25, 0.3) is 0 Å². The van der Waals surface area contributed by atoms with Crippen LogP contribution in [0.4, 0.5) is 0 Å². The molecule has 0 spiro atoms. The van der Waals surface area contributed by atoms with Gasteiger partial charge in [0.1, 0.15) is 0 Å². The number of rotatable bonds is 1. The Balaban J connectivity index is 2.90. The SMILES string of the molecule is CN(C)C=C1CC=NC(N)=C1O. The second-order valence-corrected chi connectivity index (χ2v) is 2.87. The van der Waals surface area contributed by atoms with E-state index in [1.807, 2.05) is 25.2 Å². The number of allylic oxidation sites excluding steroid dienone is 1. The zero-order chi connectivity index (χ0) is 9.14. The maximum absolute atomic E-state index is 9.43. The van der Waals surface area contributed by atoms with E-state index in [1.54, 1.807) is 6.21 Å². The minimum absolute atomic E-state index is 0.0891. The first kappa shape index (κ1) is 8.64. The first-order chi connectivity index (χ1) is 5.61. The van der Waals surface area contributed by atoms with E-state index >= 15 is 0 Å². The Kier molecular flexibility index (Phi) is 2.38. The number of hydrogen-bond acceptors (Lipinski definition) is 4. The highest BCUT2D eigenvalue weighted by Crippen LogP contribution is 2.17. The van der Waals surface area contributed by atoms with Crippen LogP contribution in [-0.4, -0.2) is 30.3 Å². The monoisotopic (exact) mass is 167 g/mol. The summed E-state index contributed by atoms with van der Waals surface area (Å²) in [6, 6.07) is 0. The zero-order valence-corrected chi connectivity index (χ0v) is 7.28. The third-order valence-electron chi connectivity index (χ3n) is 1.50. The minimum atomic E-state index is 0.0891. The minimum Gasteiger partial charge on any atom is -0.504 e. The van der Waals surface area contributed by atoms with E-state index in [0.29, 0.717) is 6.42 Å². The van der Waals surface area contributed by atoms with Gasteiger partial charge in [-0.1, -0.05) is 0 Å². The third kappa shape index (κ3) is 1.78. The van der Waals surface area contributed by atoms with Crippen molar-refractivity contribution in [1.82, 2.24) is 4.90 Å².